The van der Waals surface area contributed by atoms with E-state index >= 15 is 0 Å². The maximum Gasteiger partial charge on any atom is 0.338 e. The van der Waals surface area contributed by atoms with Crippen LogP contribution in [0.2, 0.25) is 0 Å². The van der Waals surface area contributed by atoms with Gasteiger partial charge in [0.15, 0.2) is 0 Å². The quantitative estimate of drug-likeness (QED) is 0.883. The molecule has 0 saturated heterocycles. The van der Waals surface area contributed by atoms with Gasteiger partial charge in [-0.25, -0.2) is 14.8 Å². The average molecular weight is 311 g/mol. The molecule has 0 amide bonds. The summed E-state index contributed by atoms with van der Waals surface area (Å²) < 4.78 is 0.559. The van der Waals surface area contributed by atoms with E-state index in [1.807, 2.05) is 0 Å². The van der Waals surface area contributed by atoms with Crippen molar-refractivity contribution in [2.75, 3.05) is 0 Å². The maximum absolute atomic E-state index is 11.2. The van der Waals surface area contributed by atoms with E-state index < -0.39 is 5.97 Å². The SMILES string of the molecule is O=C(O)c1c(Br)cccc1Sc1ccncn1. The Hall–Kier alpha value is -1.40. The van der Waals surface area contributed by atoms with Crippen molar-refractivity contribution < 1.29 is 9.90 Å². The summed E-state index contributed by atoms with van der Waals surface area (Å²) in [6.07, 6.45) is 3.05. The lowest BCUT2D eigenvalue weighted by Gasteiger charge is -2.06. The molecule has 0 aliphatic heterocycles. The van der Waals surface area contributed by atoms with Crippen molar-refractivity contribution in [3.8, 4) is 0 Å². The molecule has 0 atom stereocenters. The number of carbonyl (C=O) groups is 1. The molecule has 0 bridgehead atoms. The molecule has 2 aromatic rings. The second-order valence-corrected chi connectivity index (χ2v) is 4.98. The average Bonchev–Trinajstić information content (AvgIpc) is 2.30. The molecule has 0 fully saturated rings. The number of hydrogen-bond donors (Lipinski definition) is 1. The Bertz CT molecular complexity index is 548. The first-order valence-corrected chi connectivity index (χ1v) is 6.25. The third-order valence-corrected chi connectivity index (χ3v) is 3.63. The molecule has 0 unspecified atom stereocenters. The topological polar surface area (TPSA) is 63.1 Å². The van der Waals surface area contributed by atoms with Crippen molar-refractivity contribution >= 4 is 33.7 Å². The molecule has 1 heterocycles. The van der Waals surface area contributed by atoms with E-state index in [-0.39, 0.29) is 5.56 Å². The van der Waals surface area contributed by atoms with E-state index in [2.05, 4.69) is 25.9 Å². The maximum atomic E-state index is 11.2. The number of benzene rings is 1. The van der Waals surface area contributed by atoms with E-state index in [1.54, 1.807) is 30.5 Å². The molecule has 1 aromatic heterocycles. The lowest BCUT2D eigenvalue weighted by atomic mass is 10.2. The van der Waals surface area contributed by atoms with Gasteiger partial charge in [0.1, 0.15) is 11.4 Å². The van der Waals surface area contributed by atoms with E-state index in [1.165, 1.54) is 18.1 Å². The highest BCUT2D eigenvalue weighted by molar-refractivity contribution is 9.10. The molecule has 2 rings (SSSR count). The molecule has 0 aliphatic carbocycles. The molecular weight excluding hydrogens is 304 g/mol. The van der Waals surface area contributed by atoms with Gasteiger partial charge in [0.05, 0.1) is 5.56 Å². The molecule has 1 N–H and O–H groups in total. The van der Waals surface area contributed by atoms with Crippen LogP contribution in [0.3, 0.4) is 0 Å². The second-order valence-electron chi connectivity index (χ2n) is 3.07. The minimum Gasteiger partial charge on any atom is -0.478 e. The predicted octanol–water partition coefficient (Wildman–Crippen LogP) is 3.09. The Morgan fingerprint density at radius 1 is 1.35 bits per heavy atom. The van der Waals surface area contributed by atoms with Crippen LogP contribution in [0.25, 0.3) is 0 Å². The Labute approximate surface area is 110 Å². The van der Waals surface area contributed by atoms with Crippen LogP contribution >= 0.6 is 27.7 Å². The Morgan fingerprint density at radius 2 is 2.18 bits per heavy atom. The number of aromatic carboxylic acids is 1. The lowest BCUT2D eigenvalue weighted by molar-refractivity contribution is 0.0692. The zero-order valence-electron chi connectivity index (χ0n) is 8.50. The van der Waals surface area contributed by atoms with Crippen LogP contribution < -0.4 is 0 Å². The van der Waals surface area contributed by atoms with Gasteiger partial charge in [-0.15, -0.1) is 0 Å². The summed E-state index contributed by atoms with van der Waals surface area (Å²) in [5, 5.41) is 9.86. The van der Waals surface area contributed by atoms with Gasteiger partial charge in [0.2, 0.25) is 0 Å². The van der Waals surface area contributed by atoms with Gasteiger partial charge in [-0.1, -0.05) is 17.8 Å². The van der Waals surface area contributed by atoms with Gasteiger partial charge in [-0.2, -0.15) is 0 Å². The standard InChI is InChI=1S/C11H7BrN2O2S/c12-7-2-1-3-8(10(7)11(15)16)17-9-4-5-13-6-14-9/h1-6H,(H,15,16). The number of aromatic nitrogens is 2. The van der Waals surface area contributed by atoms with Crippen LogP contribution in [-0.4, -0.2) is 21.0 Å². The molecule has 0 spiro atoms. The van der Waals surface area contributed by atoms with Crippen LogP contribution in [0.4, 0.5) is 0 Å². The van der Waals surface area contributed by atoms with Crippen LogP contribution in [-0.2, 0) is 0 Å². The number of carboxylic acids is 1. The second kappa shape index (κ2) is 5.29. The smallest absolute Gasteiger partial charge is 0.338 e. The molecule has 0 aliphatic rings. The summed E-state index contributed by atoms with van der Waals surface area (Å²) in [5.41, 5.74) is 0.246. The number of hydrogen-bond acceptors (Lipinski definition) is 4. The summed E-state index contributed by atoms with van der Waals surface area (Å²) >= 11 is 4.53. The van der Waals surface area contributed by atoms with Crippen LogP contribution in [0.15, 0.2) is 51.2 Å². The van der Waals surface area contributed by atoms with Crippen molar-refractivity contribution in [3.05, 3.63) is 46.8 Å². The van der Waals surface area contributed by atoms with Gasteiger partial charge in [-0.05, 0) is 34.1 Å². The van der Waals surface area contributed by atoms with Crippen molar-refractivity contribution in [2.45, 2.75) is 9.92 Å². The van der Waals surface area contributed by atoms with E-state index in [0.717, 1.165) is 0 Å². The Kier molecular flexibility index (Phi) is 3.75. The molecule has 1 aromatic carbocycles. The number of nitrogens with zero attached hydrogens (tertiary/aromatic N) is 2. The summed E-state index contributed by atoms with van der Waals surface area (Å²) in [6.45, 7) is 0. The van der Waals surface area contributed by atoms with Crippen molar-refractivity contribution in [1.82, 2.24) is 9.97 Å². The highest BCUT2D eigenvalue weighted by Crippen LogP contribution is 2.32. The molecule has 17 heavy (non-hydrogen) atoms. The van der Waals surface area contributed by atoms with Crippen LogP contribution in [0, 0.1) is 0 Å². The zero-order valence-corrected chi connectivity index (χ0v) is 10.9. The number of rotatable bonds is 3. The van der Waals surface area contributed by atoms with Gasteiger partial charge in [-0.3, -0.25) is 0 Å². The van der Waals surface area contributed by atoms with Gasteiger partial charge in [0.25, 0.3) is 0 Å². The molecule has 86 valence electrons. The highest BCUT2D eigenvalue weighted by atomic mass is 79.9. The summed E-state index contributed by atoms with van der Waals surface area (Å²) in [5.74, 6) is -0.964. The first kappa shape index (κ1) is 12.1. The fourth-order valence-electron chi connectivity index (χ4n) is 1.25. The molecule has 6 heteroatoms. The summed E-state index contributed by atoms with van der Waals surface area (Å²) in [4.78, 5) is 19.7. The minimum absolute atomic E-state index is 0.246. The normalized spacial score (nSPS) is 10.2. The highest BCUT2D eigenvalue weighted by Gasteiger charge is 2.14. The van der Waals surface area contributed by atoms with Crippen LogP contribution in [0.1, 0.15) is 10.4 Å². The third-order valence-electron chi connectivity index (χ3n) is 1.96. The Morgan fingerprint density at radius 3 is 2.82 bits per heavy atom. The monoisotopic (exact) mass is 310 g/mol. The first-order chi connectivity index (χ1) is 8.18. The summed E-state index contributed by atoms with van der Waals surface area (Å²) in [7, 11) is 0. The number of halogens is 1. The first-order valence-electron chi connectivity index (χ1n) is 4.64. The largest absolute Gasteiger partial charge is 0.478 e. The Balaban J connectivity index is 2.40. The van der Waals surface area contributed by atoms with Crippen molar-refractivity contribution in [3.63, 3.8) is 0 Å². The van der Waals surface area contributed by atoms with E-state index in [0.29, 0.717) is 14.4 Å². The molecular formula is C11H7BrN2O2S. The molecule has 4 nitrogen and oxygen atoms in total. The fraction of sp³-hybridized carbons (Fsp3) is 0. The van der Waals surface area contributed by atoms with Crippen molar-refractivity contribution in [2.24, 2.45) is 0 Å². The van der Waals surface area contributed by atoms with E-state index in [4.69, 9.17) is 5.11 Å². The molecule has 0 radical (unpaired) electrons. The van der Waals surface area contributed by atoms with Gasteiger partial charge in [0, 0.05) is 15.6 Å². The summed E-state index contributed by atoms with van der Waals surface area (Å²) in [6, 6.07) is 6.98. The predicted molar refractivity (Wildman–Crippen MR) is 67.3 cm³/mol. The lowest BCUT2D eigenvalue weighted by Crippen LogP contribution is -2.00. The van der Waals surface area contributed by atoms with E-state index in [9.17, 15) is 4.79 Å². The van der Waals surface area contributed by atoms with Crippen molar-refractivity contribution in [1.29, 1.82) is 0 Å². The van der Waals surface area contributed by atoms with Gasteiger partial charge < -0.3 is 5.11 Å². The van der Waals surface area contributed by atoms with Crippen LogP contribution in [0.5, 0.6) is 0 Å². The zero-order chi connectivity index (χ0) is 12.3. The molecule has 0 saturated carbocycles. The minimum atomic E-state index is -0.964. The third kappa shape index (κ3) is 2.83. The van der Waals surface area contributed by atoms with Gasteiger partial charge >= 0.3 is 5.97 Å². The fourth-order valence-corrected chi connectivity index (χ4v) is 2.82. The number of carboxylic acid groups (broad SMARTS) is 1.